The van der Waals surface area contributed by atoms with E-state index in [2.05, 4.69) is 22.0 Å². The highest BCUT2D eigenvalue weighted by Crippen LogP contribution is 2.42. The molecule has 7 heteroatoms. The molecule has 0 radical (unpaired) electrons. The van der Waals surface area contributed by atoms with Crippen LogP contribution in [0.5, 0.6) is 11.5 Å². The number of halogens is 1. The summed E-state index contributed by atoms with van der Waals surface area (Å²) in [5.74, 6) is 0.414. The van der Waals surface area contributed by atoms with Gasteiger partial charge >= 0.3 is 0 Å². The lowest BCUT2D eigenvalue weighted by Gasteiger charge is -2.27. The molecule has 6 nitrogen and oxygen atoms in total. The number of aromatic nitrogens is 1. The van der Waals surface area contributed by atoms with Crippen LogP contribution in [0, 0.1) is 18.3 Å². The Bertz CT molecular complexity index is 1310. The summed E-state index contributed by atoms with van der Waals surface area (Å²) < 4.78 is 13.5. The van der Waals surface area contributed by atoms with Crippen LogP contribution in [-0.2, 0) is 13.0 Å². The van der Waals surface area contributed by atoms with Crippen molar-refractivity contribution in [3.63, 3.8) is 0 Å². The van der Waals surface area contributed by atoms with E-state index < -0.39 is 5.92 Å². The van der Waals surface area contributed by atoms with Gasteiger partial charge in [-0.25, -0.2) is 0 Å². The van der Waals surface area contributed by atoms with Gasteiger partial charge in [-0.2, -0.15) is 5.26 Å². The highest BCUT2D eigenvalue weighted by Gasteiger charge is 2.34. The first-order valence-corrected chi connectivity index (χ1v) is 10.9. The summed E-state index contributed by atoms with van der Waals surface area (Å²) in [5, 5.41) is 9.84. The number of allylic oxidation sites excluding steroid dienone is 1. The molecular weight excluding hydrogens is 470 g/mol. The van der Waals surface area contributed by atoms with Gasteiger partial charge in [-0.3, -0.25) is 4.79 Å². The fourth-order valence-electron chi connectivity index (χ4n) is 4.05. The largest absolute Gasteiger partial charge is 0.496 e. The van der Waals surface area contributed by atoms with Crippen LogP contribution in [0.3, 0.4) is 0 Å². The maximum Gasteiger partial charge on any atom is 0.258 e. The molecule has 0 bridgehead atoms. The summed E-state index contributed by atoms with van der Waals surface area (Å²) >= 11 is 3.50. The van der Waals surface area contributed by atoms with Crippen molar-refractivity contribution in [2.45, 2.75) is 25.8 Å². The molecule has 4 rings (SSSR count). The Morgan fingerprint density at radius 1 is 1.22 bits per heavy atom. The van der Waals surface area contributed by atoms with Gasteiger partial charge in [-0.15, -0.1) is 0 Å². The summed E-state index contributed by atoms with van der Waals surface area (Å²) in [7, 11) is 1.58. The van der Waals surface area contributed by atoms with Crippen molar-refractivity contribution < 1.29 is 9.47 Å². The molecule has 0 amide bonds. The molecule has 0 unspecified atom stereocenters. The van der Waals surface area contributed by atoms with E-state index in [9.17, 15) is 10.1 Å². The summed E-state index contributed by atoms with van der Waals surface area (Å²) in [5.41, 5.74) is 9.19. The Balaban J connectivity index is 1.84. The zero-order chi connectivity index (χ0) is 22.8. The molecule has 0 saturated carbocycles. The first-order valence-electron chi connectivity index (χ1n) is 10.1. The zero-order valence-electron chi connectivity index (χ0n) is 17.8. The monoisotopic (exact) mass is 491 g/mol. The number of hydrogen-bond acceptors (Lipinski definition) is 5. The second-order valence-electron chi connectivity index (χ2n) is 7.57. The van der Waals surface area contributed by atoms with Crippen molar-refractivity contribution in [3.05, 3.63) is 103 Å². The van der Waals surface area contributed by atoms with Gasteiger partial charge in [-0.05, 0) is 52.5 Å². The predicted octanol–water partition coefficient (Wildman–Crippen LogP) is 4.39. The number of benzene rings is 2. The van der Waals surface area contributed by atoms with Crippen molar-refractivity contribution in [2.75, 3.05) is 7.11 Å². The van der Waals surface area contributed by atoms with Gasteiger partial charge in [-0.1, -0.05) is 36.4 Å². The van der Waals surface area contributed by atoms with E-state index in [0.717, 1.165) is 21.3 Å². The van der Waals surface area contributed by atoms with E-state index in [4.69, 9.17) is 15.2 Å². The Morgan fingerprint density at radius 2 is 1.97 bits per heavy atom. The highest BCUT2D eigenvalue weighted by molar-refractivity contribution is 9.10. The second-order valence-corrected chi connectivity index (χ2v) is 8.43. The maximum atomic E-state index is 13.7. The van der Waals surface area contributed by atoms with Crippen molar-refractivity contribution in [3.8, 4) is 17.6 Å². The molecule has 2 heterocycles. The van der Waals surface area contributed by atoms with E-state index in [1.807, 2.05) is 55.5 Å². The third-order valence-corrected chi connectivity index (χ3v) is 6.29. The fourth-order valence-corrected chi connectivity index (χ4v) is 4.60. The summed E-state index contributed by atoms with van der Waals surface area (Å²) in [4.78, 5) is 13.7. The standard InChI is InChI=1S/C25H22BrN3O3/c1-15-12-21-23(25(30)29(15)11-10-16-6-4-3-5-7-16)22(18(14-27)24(28)32-21)17-8-9-20(31-2)19(26)13-17/h3-9,12-13,22H,10-11,28H2,1-2H3/t22-/m1/s1. The third kappa shape index (κ3) is 3.90. The zero-order valence-corrected chi connectivity index (χ0v) is 19.3. The van der Waals surface area contributed by atoms with E-state index in [1.165, 1.54) is 0 Å². The number of hydrogen-bond donors (Lipinski definition) is 1. The topological polar surface area (TPSA) is 90.3 Å². The van der Waals surface area contributed by atoms with Gasteiger partial charge < -0.3 is 19.8 Å². The molecule has 162 valence electrons. The molecule has 0 fully saturated rings. The summed E-state index contributed by atoms with van der Waals surface area (Å²) in [6.45, 7) is 2.39. The average Bonchev–Trinajstić information content (AvgIpc) is 2.78. The summed E-state index contributed by atoms with van der Waals surface area (Å²) in [6.07, 6.45) is 0.711. The van der Waals surface area contributed by atoms with Gasteiger partial charge in [0.25, 0.3) is 5.56 Å². The van der Waals surface area contributed by atoms with Gasteiger partial charge in [0.15, 0.2) is 0 Å². The molecule has 1 atom stereocenters. The lowest BCUT2D eigenvalue weighted by molar-refractivity contribution is 0.388. The minimum absolute atomic E-state index is 0.0118. The third-order valence-electron chi connectivity index (χ3n) is 5.67. The Kier molecular flexibility index (Phi) is 6.06. The maximum absolute atomic E-state index is 13.7. The minimum atomic E-state index is -0.637. The van der Waals surface area contributed by atoms with Crippen molar-refractivity contribution in [1.29, 1.82) is 5.26 Å². The lowest BCUT2D eigenvalue weighted by Crippen LogP contribution is -2.33. The fraction of sp³-hybridized carbons (Fsp3) is 0.200. The number of fused-ring (bicyclic) bond motifs is 1. The molecule has 0 spiro atoms. The first kappa shape index (κ1) is 21.7. The molecular formula is C25H22BrN3O3. The number of nitriles is 1. The highest BCUT2D eigenvalue weighted by atomic mass is 79.9. The average molecular weight is 492 g/mol. The molecule has 32 heavy (non-hydrogen) atoms. The number of rotatable bonds is 5. The molecule has 1 aromatic heterocycles. The van der Waals surface area contributed by atoms with Crippen LogP contribution in [0.4, 0.5) is 0 Å². The van der Waals surface area contributed by atoms with E-state index in [1.54, 1.807) is 17.7 Å². The number of methoxy groups -OCH3 is 1. The van der Waals surface area contributed by atoms with Crippen LogP contribution in [0.15, 0.2) is 75.3 Å². The molecule has 0 aliphatic carbocycles. The number of nitrogens with zero attached hydrogens (tertiary/aromatic N) is 2. The van der Waals surface area contributed by atoms with Crippen LogP contribution in [0.25, 0.3) is 0 Å². The van der Waals surface area contributed by atoms with Gasteiger partial charge in [0.1, 0.15) is 23.1 Å². The SMILES string of the molecule is COc1ccc([C@@H]2C(C#N)=C(N)Oc3cc(C)n(CCc4ccccc4)c(=O)c32)cc1Br. The molecule has 2 aromatic carbocycles. The molecule has 0 saturated heterocycles. The van der Waals surface area contributed by atoms with Crippen LogP contribution in [-0.4, -0.2) is 11.7 Å². The summed E-state index contributed by atoms with van der Waals surface area (Å²) in [6, 6.07) is 19.4. The van der Waals surface area contributed by atoms with E-state index in [-0.39, 0.29) is 17.0 Å². The molecule has 1 aliphatic rings. The van der Waals surface area contributed by atoms with Crippen molar-refractivity contribution >= 4 is 15.9 Å². The molecule has 2 N–H and O–H groups in total. The number of aryl methyl sites for hydroxylation is 2. The van der Waals surface area contributed by atoms with E-state index in [0.29, 0.717) is 30.0 Å². The van der Waals surface area contributed by atoms with Gasteiger partial charge in [0.2, 0.25) is 5.88 Å². The first-order chi connectivity index (χ1) is 15.4. The quantitative estimate of drug-likeness (QED) is 0.571. The Morgan fingerprint density at radius 3 is 2.62 bits per heavy atom. The van der Waals surface area contributed by atoms with Crippen LogP contribution in [0.1, 0.15) is 28.3 Å². The normalized spacial score (nSPS) is 15.0. The van der Waals surface area contributed by atoms with Crippen molar-refractivity contribution in [1.82, 2.24) is 4.57 Å². The molecule has 3 aromatic rings. The molecule has 1 aliphatic heterocycles. The Labute approximate surface area is 194 Å². The van der Waals surface area contributed by atoms with E-state index >= 15 is 0 Å². The predicted molar refractivity (Wildman–Crippen MR) is 126 cm³/mol. The second kappa shape index (κ2) is 8.93. The Hall–Kier alpha value is -3.50. The van der Waals surface area contributed by atoms with Gasteiger partial charge in [0, 0.05) is 18.3 Å². The van der Waals surface area contributed by atoms with Gasteiger partial charge in [0.05, 0.1) is 23.1 Å². The number of pyridine rings is 1. The smallest absolute Gasteiger partial charge is 0.258 e. The number of ether oxygens (including phenoxy) is 2. The van der Waals surface area contributed by atoms with Crippen LogP contribution >= 0.6 is 15.9 Å². The lowest BCUT2D eigenvalue weighted by atomic mass is 9.84. The minimum Gasteiger partial charge on any atom is -0.496 e. The van der Waals surface area contributed by atoms with Crippen LogP contribution < -0.4 is 20.8 Å². The number of nitrogens with two attached hydrogens (primary N) is 1. The van der Waals surface area contributed by atoms with Crippen LogP contribution in [0.2, 0.25) is 0 Å². The van der Waals surface area contributed by atoms with Crippen molar-refractivity contribution in [2.24, 2.45) is 5.73 Å².